The van der Waals surface area contributed by atoms with Crippen molar-refractivity contribution < 1.29 is 13.2 Å². The summed E-state index contributed by atoms with van der Waals surface area (Å²) in [5.74, 6) is -0.353. The Bertz CT molecular complexity index is 720. The van der Waals surface area contributed by atoms with E-state index in [2.05, 4.69) is 5.32 Å². The van der Waals surface area contributed by atoms with Crippen LogP contribution in [0.25, 0.3) is 0 Å². The summed E-state index contributed by atoms with van der Waals surface area (Å²) in [5.41, 5.74) is 0.182. The molecule has 3 N–H and O–H groups in total. The zero-order chi connectivity index (χ0) is 14.0. The molecule has 0 radical (unpaired) electrons. The molecule has 0 aliphatic carbocycles. The van der Waals surface area contributed by atoms with Gasteiger partial charge in [-0.25, -0.2) is 13.6 Å². The van der Waals surface area contributed by atoms with Crippen LogP contribution >= 0.6 is 11.3 Å². The van der Waals surface area contributed by atoms with Gasteiger partial charge in [0, 0.05) is 4.88 Å². The van der Waals surface area contributed by atoms with Crippen LogP contribution in [-0.2, 0) is 10.0 Å². The first-order valence-electron chi connectivity index (χ1n) is 5.37. The Balaban J connectivity index is 2.32. The number of carbonyl (C=O) groups is 1. The summed E-state index contributed by atoms with van der Waals surface area (Å²) in [6.45, 7) is 1.89. The Morgan fingerprint density at radius 2 is 1.89 bits per heavy atom. The molecule has 0 spiro atoms. The second kappa shape index (κ2) is 5.12. The topological polar surface area (TPSA) is 89.3 Å². The van der Waals surface area contributed by atoms with Crippen molar-refractivity contribution in [1.29, 1.82) is 0 Å². The standard InChI is InChI=1S/C12H12N2O3S2/c1-8-6-7-10(18-8)12(15)14-9-4-2-3-5-11(9)19(13,16)17/h2-7H,1H3,(H,14,15)(H2,13,16,17). The van der Waals surface area contributed by atoms with Crippen LogP contribution in [0, 0.1) is 6.92 Å². The predicted octanol–water partition coefficient (Wildman–Crippen LogP) is 1.96. The summed E-state index contributed by atoms with van der Waals surface area (Å²) < 4.78 is 22.8. The van der Waals surface area contributed by atoms with Gasteiger partial charge in [-0.2, -0.15) is 0 Å². The molecule has 100 valence electrons. The second-order valence-corrected chi connectivity index (χ2v) is 6.72. The molecule has 19 heavy (non-hydrogen) atoms. The molecule has 0 atom stereocenters. The van der Waals surface area contributed by atoms with Gasteiger partial charge in [-0.15, -0.1) is 11.3 Å². The van der Waals surface area contributed by atoms with Crippen LogP contribution in [0.4, 0.5) is 5.69 Å². The number of sulfonamides is 1. The summed E-state index contributed by atoms with van der Waals surface area (Å²) in [5, 5.41) is 7.66. The molecule has 0 bridgehead atoms. The average molecular weight is 296 g/mol. The molecule has 0 saturated carbocycles. The number of amides is 1. The van der Waals surface area contributed by atoms with E-state index >= 15 is 0 Å². The number of hydrogen-bond acceptors (Lipinski definition) is 4. The van der Waals surface area contributed by atoms with Gasteiger partial charge in [0.25, 0.3) is 5.91 Å². The molecule has 0 saturated heterocycles. The maximum atomic E-state index is 12.0. The van der Waals surface area contributed by atoms with Crippen molar-refractivity contribution in [2.24, 2.45) is 5.14 Å². The SMILES string of the molecule is Cc1ccc(C(=O)Nc2ccccc2S(N)(=O)=O)s1. The summed E-state index contributed by atoms with van der Waals surface area (Å²) in [6.07, 6.45) is 0. The highest BCUT2D eigenvalue weighted by Gasteiger charge is 2.16. The van der Waals surface area contributed by atoms with Crippen molar-refractivity contribution in [3.8, 4) is 0 Å². The van der Waals surface area contributed by atoms with Gasteiger partial charge in [-0.05, 0) is 31.2 Å². The Hall–Kier alpha value is -1.70. The Morgan fingerprint density at radius 1 is 1.21 bits per heavy atom. The molecule has 7 heteroatoms. The van der Waals surface area contributed by atoms with Gasteiger partial charge in [-0.1, -0.05) is 12.1 Å². The van der Waals surface area contributed by atoms with E-state index in [9.17, 15) is 13.2 Å². The fourth-order valence-electron chi connectivity index (χ4n) is 1.56. The summed E-state index contributed by atoms with van der Waals surface area (Å²) in [6, 6.07) is 9.54. The van der Waals surface area contributed by atoms with Gasteiger partial charge < -0.3 is 5.32 Å². The smallest absolute Gasteiger partial charge is 0.265 e. The molecule has 1 aromatic heterocycles. The summed E-state index contributed by atoms with van der Waals surface area (Å²) in [7, 11) is -3.87. The molecule has 2 aromatic rings. The van der Waals surface area contributed by atoms with Crippen molar-refractivity contribution in [2.45, 2.75) is 11.8 Å². The van der Waals surface area contributed by atoms with Crippen LogP contribution in [0.3, 0.4) is 0 Å². The lowest BCUT2D eigenvalue weighted by Crippen LogP contribution is -2.17. The highest BCUT2D eigenvalue weighted by Crippen LogP contribution is 2.22. The molecule has 0 unspecified atom stereocenters. The maximum absolute atomic E-state index is 12.0. The number of nitrogens with one attached hydrogen (secondary N) is 1. The third-order valence-electron chi connectivity index (χ3n) is 2.41. The average Bonchev–Trinajstić information content (AvgIpc) is 2.75. The van der Waals surface area contributed by atoms with Crippen LogP contribution in [-0.4, -0.2) is 14.3 Å². The quantitative estimate of drug-likeness (QED) is 0.907. The summed E-state index contributed by atoms with van der Waals surface area (Å²) >= 11 is 1.34. The number of nitrogens with two attached hydrogens (primary N) is 1. The van der Waals surface area contributed by atoms with E-state index < -0.39 is 10.0 Å². The van der Waals surface area contributed by atoms with Crippen molar-refractivity contribution >= 4 is 33.0 Å². The van der Waals surface area contributed by atoms with Gasteiger partial charge in [0.15, 0.2) is 0 Å². The van der Waals surface area contributed by atoms with Crippen LogP contribution in [0.5, 0.6) is 0 Å². The molecule has 5 nitrogen and oxygen atoms in total. The first-order valence-corrected chi connectivity index (χ1v) is 7.74. The molecule has 1 heterocycles. The van der Waals surface area contributed by atoms with Gasteiger partial charge in [0.05, 0.1) is 10.6 Å². The number of para-hydroxylation sites is 1. The first kappa shape index (κ1) is 13.7. The number of benzene rings is 1. The fraction of sp³-hybridized carbons (Fsp3) is 0.0833. The highest BCUT2D eigenvalue weighted by atomic mass is 32.2. The highest BCUT2D eigenvalue weighted by molar-refractivity contribution is 7.89. The zero-order valence-corrected chi connectivity index (χ0v) is 11.7. The Morgan fingerprint density at radius 3 is 2.47 bits per heavy atom. The third kappa shape index (κ3) is 3.19. The van der Waals surface area contributed by atoms with Crippen molar-refractivity contribution in [1.82, 2.24) is 0 Å². The van der Waals surface area contributed by atoms with Crippen molar-refractivity contribution in [3.63, 3.8) is 0 Å². The minimum absolute atomic E-state index is 0.100. The van der Waals surface area contributed by atoms with Crippen LogP contribution in [0.15, 0.2) is 41.3 Å². The third-order valence-corrected chi connectivity index (χ3v) is 4.37. The van der Waals surface area contributed by atoms with E-state index in [0.717, 1.165) is 4.88 Å². The van der Waals surface area contributed by atoms with E-state index in [-0.39, 0.29) is 16.5 Å². The second-order valence-electron chi connectivity index (χ2n) is 3.91. The van der Waals surface area contributed by atoms with E-state index in [1.807, 2.05) is 13.0 Å². The van der Waals surface area contributed by atoms with Gasteiger partial charge in [0.2, 0.25) is 10.0 Å². The minimum Gasteiger partial charge on any atom is -0.320 e. The Labute approximate surface area is 115 Å². The van der Waals surface area contributed by atoms with Crippen molar-refractivity contribution in [3.05, 3.63) is 46.2 Å². The summed E-state index contributed by atoms with van der Waals surface area (Å²) in [4.78, 5) is 13.4. The van der Waals surface area contributed by atoms with E-state index in [4.69, 9.17) is 5.14 Å². The monoisotopic (exact) mass is 296 g/mol. The maximum Gasteiger partial charge on any atom is 0.265 e. The van der Waals surface area contributed by atoms with E-state index in [0.29, 0.717) is 4.88 Å². The van der Waals surface area contributed by atoms with Crippen LogP contribution < -0.4 is 10.5 Å². The Kier molecular flexibility index (Phi) is 3.70. The molecular formula is C12H12N2O3S2. The number of aryl methyl sites for hydroxylation is 1. The van der Waals surface area contributed by atoms with Crippen LogP contribution in [0.2, 0.25) is 0 Å². The normalized spacial score (nSPS) is 11.3. The molecule has 0 aliphatic rings. The van der Waals surface area contributed by atoms with Gasteiger partial charge >= 0.3 is 0 Å². The van der Waals surface area contributed by atoms with E-state index in [1.165, 1.54) is 23.5 Å². The number of anilines is 1. The number of primary sulfonamides is 1. The predicted molar refractivity (Wildman–Crippen MR) is 74.8 cm³/mol. The molecule has 0 fully saturated rings. The van der Waals surface area contributed by atoms with Gasteiger partial charge in [-0.3, -0.25) is 4.79 Å². The van der Waals surface area contributed by atoms with Crippen LogP contribution in [0.1, 0.15) is 14.5 Å². The number of rotatable bonds is 3. The lowest BCUT2D eigenvalue weighted by molar-refractivity contribution is 0.103. The fourth-order valence-corrected chi connectivity index (χ4v) is 3.02. The van der Waals surface area contributed by atoms with Crippen molar-refractivity contribution in [2.75, 3.05) is 5.32 Å². The number of carbonyl (C=O) groups excluding carboxylic acids is 1. The molecular weight excluding hydrogens is 284 g/mol. The molecule has 0 aliphatic heterocycles. The lowest BCUT2D eigenvalue weighted by atomic mass is 10.3. The lowest BCUT2D eigenvalue weighted by Gasteiger charge is -2.08. The molecule has 2 rings (SSSR count). The molecule has 1 amide bonds. The molecule has 1 aromatic carbocycles. The van der Waals surface area contributed by atoms with E-state index in [1.54, 1.807) is 18.2 Å². The first-order chi connectivity index (χ1) is 8.88. The number of thiophene rings is 1. The van der Waals surface area contributed by atoms with Gasteiger partial charge in [0.1, 0.15) is 4.90 Å². The largest absolute Gasteiger partial charge is 0.320 e. The minimum atomic E-state index is -3.87. The number of hydrogen-bond donors (Lipinski definition) is 2. The zero-order valence-electron chi connectivity index (χ0n) is 10.1.